The number of nitrogens with one attached hydrogen (secondary N) is 2. The number of hydrogen-bond donors (Lipinski definition) is 2. The summed E-state index contributed by atoms with van der Waals surface area (Å²) in [5, 5.41) is 7.30. The minimum atomic E-state index is -0.190. The van der Waals surface area contributed by atoms with Gasteiger partial charge in [-0.25, -0.2) is 0 Å². The summed E-state index contributed by atoms with van der Waals surface area (Å²) in [5.74, 6) is -0.323. The highest BCUT2D eigenvalue weighted by Crippen LogP contribution is 2.19. The van der Waals surface area contributed by atoms with Gasteiger partial charge >= 0.3 is 0 Å². The van der Waals surface area contributed by atoms with Crippen LogP contribution in [0.2, 0.25) is 0 Å². The third kappa shape index (κ3) is 4.81. The molecule has 5 heteroatoms. The normalized spacial score (nSPS) is 14.5. The average molecular weight is 292 g/mol. The summed E-state index contributed by atoms with van der Waals surface area (Å²) in [4.78, 5) is 23.9. The Morgan fingerprint density at radius 2 is 2.15 bits per heavy atom. The van der Waals surface area contributed by atoms with Crippen LogP contribution in [0.3, 0.4) is 0 Å². The van der Waals surface area contributed by atoms with E-state index in [9.17, 15) is 9.59 Å². The summed E-state index contributed by atoms with van der Waals surface area (Å²) >= 11 is 1.37. The molecule has 0 aromatic carbocycles. The molecule has 4 nitrogen and oxygen atoms in total. The molecule has 108 valence electrons. The molecular weight excluding hydrogens is 272 g/mol. The fraction of sp³-hybridized carbons (Fsp3) is 0.467. The largest absolute Gasteiger partial charge is 0.354 e. The molecule has 2 rings (SSSR count). The zero-order valence-corrected chi connectivity index (χ0v) is 12.3. The molecule has 0 radical (unpaired) electrons. The van der Waals surface area contributed by atoms with E-state index in [2.05, 4.69) is 16.7 Å². The van der Waals surface area contributed by atoms with Crippen LogP contribution in [0.25, 0.3) is 0 Å². The monoisotopic (exact) mass is 292 g/mol. The van der Waals surface area contributed by atoms with Crippen molar-refractivity contribution >= 4 is 23.2 Å². The fourth-order valence-corrected chi connectivity index (χ4v) is 2.85. The summed E-state index contributed by atoms with van der Waals surface area (Å²) in [6.07, 6.45) is 8.07. The van der Waals surface area contributed by atoms with Crippen LogP contribution in [0.1, 0.15) is 41.8 Å². The van der Waals surface area contributed by atoms with Gasteiger partial charge in [-0.05, 0) is 43.6 Å². The summed E-state index contributed by atoms with van der Waals surface area (Å²) < 4.78 is 0. The van der Waals surface area contributed by atoms with Crippen molar-refractivity contribution in [2.75, 3.05) is 13.1 Å². The third-order valence-electron chi connectivity index (χ3n) is 3.31. The molecule has 0 bridgehead atoms. The summed E-state index contributed by atoms with van der Waals surface area (Å²) in [6, 6.07) is 3.56. The van der Waals surface area contributed by atoms with Crippen LogP contribution in [0.15, 0.2) is 29.2 Å². The lowest BCUT2D eigenvalue weighted by Crippen LogP contribution is -2.37. The maximum Gasteiger partial charge on any atom is 0.261 e. The van der Waals surface area contributed by atoms with Crippen LogP contribution in [-0.2, 0) is 4.79 Å². The number of amides is 2. The molecule has 1 aromatic rings. The van der Waals surface area contributed by atoms with E-state index in [0.717, 1.165) is 12.8 Å². The fourth-order valence-electron chi connectivity index (χ4n) is 2.21. The number of allylic oxidation sites excluding steroid dienone is 1. The zero-order valence-electron chi connectivity index (χ0n) is 11.5. The summed E-state index contributed by atoms with van der Waals surface area (Å²) in [6.45, 7) is 0.690. The van der Waals surface area contributed by atoms with Crippen LogP contribution in [-0.4, -0.2) is 24.9 Å². The Morgan fingerprint density at radius 3 is 2.85 bits per heavy atom. The molecule has 1 aliphatic rings. The van der Waals surface area contributed by atoms with Crippen molar-refractivity contribution < 1.29 is 9.59 Å². The predicted molar refractivity (Wildman–Crippen MR) is 80.8 cm³/mol. The van der Waals surface area contributed by atoms with E-state index < -0.39 is 0 Å². The standard InChI is InChI=1S/C15H20N2O2S/c18-14(11-17-15(19)13-7-4-10-20-13)16-9-8-12-5-2-1-3-6-12/h4-5,7,10H,1-3,6,8-9,11H2,(H,16,18)(H,17,19). The minimum Gasteiger partial charge on any atom is -0.354 e. The molecule has 0 atom stereocenters. The van der Waals surface area contributed by atoms with Crippen molar-refractivity contribution in [1.82, 2.24) is 10.6 Å². The minimum absolute atomic E-state index is 0.0375. The summed E-state index contributed by atoms with van der Waals surface area (Å²) in [5.41, 5.74) is 1.44. The smallest absolute Gasteiger partial charge is 0.261 e. The van der Waals surface area contributed by atoms with E-state index >= 15 is 0 Å². The number of hydrogen-bond acceptors (Lipinski definition) is 3. The molecule has 0 spiro atoms. The molecule has 0 aliphatic heterocycles. The first-order chi connectivity index (χ1) is 9.75. The first kappa shape index (κ1) is 14.8. The molecule has 0 fully saturated rings. The Labute approximate surface area is 123 Å². The predicted octanol–water partition coefficient (Wildman–Crippen LogP) is 2.48. The molecular formula is C15H20N2O2S. The highest BCUT2D eigenvalue weighted by Gasteiger charge is 2.09. The zero-order chi connectivity index (χ0) is 14.2. The van der Waals surface area contributed by atoms with Gasteiger partial charge in [-0.2, -0.15) is 0 Å². The topological polar surface area (TPSA) is 58.2 Å². The van der Waals surface area contributed by atoms with Gasteiger partial charge in [0.05, 0.1) is 11.4 Å². The number of rotatable bonds is 6. The molecule has 1 aliphatic carbocycles. The molecule has 2 N–H and O–H groups in total. The second-order valence-electron chi connectivity index (χ2n) is 4.87. The lowest BCUT2D eigenvalue weighted by molar-refractivity contribution is -0.120. The van der Waals surface area contributed by atoms with Crippen LogP contribution in [0, 0.1) is 0 Å². The van der Waals surface area contributed by atoms with Gasteiger partial charge in [0, 0.05) is 6.54 Å². The molecule has 20 heavy (non-hydrogen) atoms. The maximum atomic E-state index is 11.6. The van der Waals surface area contributed by atoms with Gasteiger partial charge in [-0.1, -0.05) is 17.7 Å². The lowest BCUT2D eigenvalue weighted by atomic mass is 9.97. The van der Waals surface area contributed by atoms with Crippen LogP contribution >= 0.6 is 11.3 Å². The second-order valence-corrected chi connectivity index (χ2v) is 5.82. The van der Waals surface area contributed by atoms with Gasteiger partial charge in [-0.3, -0.25) is 9.59 Å². The van der Waals surface area contributed by atoms with Crippen molar-refractivity contribution in [3.63, 3.8) is 0 Å². The van der Waals surface area contributed by atoms with Crippen molar-refractivity contribution in [2.24, 2.45) is 0 Å². The van der Waals surface area contributed by atoms with Gasteiger partial charge < -0.3 is 10.6 Å². The number of thiophene rings is 1. The summed E-state index contributed by atoms with van der Waals surface area (Å²) in [7, 11) is 0. The van der Waals surface area contributed by atoms with Crippen LogP contribution < -0.4 is 10.6 Å². The SMILES string of the molecule is O=C(CNC(=O)c1cccs1)NCCC1=CCCCC1. The second kappa shape index (κ2) is 7.85. The molecule has 0 saturated heterocycles. The maximum absolute atomic E-state index is 11.6. The molecule has 1 aromatic heterocycles. The third-order valence-corrected chi connectivity index (χ3v) is 4.18. The van der Waals surface area contributed by atoms with Crippen LogP contribution in [0.4, 0.5) is 0 Å². The van der Waals surface area contributed by atoms with Gasteiger partial charge in [0.1, 0.15) is 0 Å². The van der Waals surface area contributed by atoms with E-state index in [1.165, 1.54) is 36.2 Å². The van der Waals surface area contributed by atoms with Crippen molar-refractivity contribution in [3.8, 4) is 0 Å². The first-order valence-corrected chi connectivity index (χ1v) is 7.90. The molecule has 0 saturated carbocycles. The molecule has 0 unspecified atom stereocenters. The van der Waals surface area contributed by atoms with Crippen molar-refractivity contribution in [1.29, 1.82) is 0 Å². The van der Waals surface area contributed by atoms with Gasteiger partial charge in [-0.15, -0.1) is 11.3 Å². The first-order valence-electron chi connectivity index (χ1n) is 7.02. The van der Waals surface area contributed by atoms with Gasteiger partial charge in [0.25, 0.3) is 5.91 Å². The Balaban J connectivity index is 1.60. The van der Waals surface area contributed by atoms with Crippen LogP contribution in [0.5, 0.6) is 0 Å². The Hall–Kier alpha value is -1.62. The molecule has 2 amide bonds. The molecule has 1 heterocycles. The highest BCUT2D eigenvalue weighted by molar-refractivity contribution is 7.12. The van der Waals surface area contributed by atoms with E-state index in [1.807, 2.05) is 11.4 Å². The van der Waals surface area contributed by atoms with E-state index in [1.54, 1.807) is 6.07 Å². The Kier molecular flexibility index (Phi) is 5.80. The highest BCUT2D eigenvalue weighted by atomic mass is 32.1. The van der Waals surface area contributed by atoms with E-state index in [-0.39, 0.29) is 18.4 Å². The number of carbonyl (C=O) groups excluding carboxylic acids is 2. The van der Waals surface area contributed by atoms with Gasteiger partial charge in [0.2, 0.25) is 5.91 Å². The lowest BCUT2D eigenvalue weighted by Gasteiger charge is -2.13. The Morgan fingerprint density at radius 1 is 1.25 bits per heavy atom. The van der Waals surface area contributed by atoms with Crippen molar-refractivity contribution in [2.45, 2.75) is 32.1 Å². The van der Waals surface area contributed by atoms with E-state index in [4.69, 9.17) is 0 Å². The van der Waals surface area contributed by atoms with Crippen molar-refractivity contribution in [3.05, 3.63) is 34.0 Å². The Bertz CT molecular complexity index is 480. The quantitative estimate of drug-likeness (QED) is 0.791. The average Bonchev–Trinajstić information content (AvgIpc) is 3.00. The number of carbonyl (C=O) groups is 2. The van der Waals surface area contributed by atoms with Gasteiger partial charge in [0.15, 0.2) is 0 Å². The van der Waals surface area contributed by atoms with E-state index in [0.29, 0.717) is 11.4 Å².